The van der Waals surface area contributed by atoms with Gasteiger partial charge < -0.3 is 25.8 Å². The highest BCUT2D eigenvalue weighted by molar-refractivity contribution is 7.15. The van der Waals surface area contributed by atoms with Gasteiger partial charge in [0.05, 0.1) is 9.88 Å². The molecule has 2 aliphatic rings. The Bertz CT molecular complexity index is 1380. The molecule has 4 heterocycles. The van der Waals surface area contributed by atoms with Crippen LogP contribution in [0.3, 0.4) is 0 Å². The van der Waals surface area contributed by atoms with Crippen molar-refractivity contribution in [1.82, 2.24) is 20.3 Å². The van der Waals surface area contributed by atoms with E-state index >= 15 is 0 Å². The van der Waals surface area contributed by atoms with E-state index in [1.807, 2.05) is 4.90 Å². The first kappa shape index (κ1) is 27.4. The zero-order valence-electron chi connectivity index (χ0n) is 20.8. The number of piperidine rings is 1. The lowest BCUT2D eigenvalue weighted by Gasteiger charge is -2.39. The van der Waals surface area contributed by atoms with E-state index < -0.39 is 24.3 Å². The maximum Gasteiger partial charge on any atom is 0.429 e. The van der Waals surface area contributed by atoms with Gasteiger partial charge in [-0.2, -0.15) is 23.1 Å². The Morgan fingerprint density at radius 3 is 2.67 bits per heavy atom. The lowest BCUT2D eigenvalue weighted by Crippen LogP contribution is -2.41. The number of carboxylic acid groups (broad SMARTS) is 1. The summed E-state index contributed by atoms with van der Waals surface area (Å²) in [7, 11) is 0. The zero-order chi connectivity index (χ0) is 27.9. The molecular weight excluding hydrogens is 557 g/mol. The largest absolute Gasteiger partial charge is 0.480 e. The summed E-state index contributed by atoms with van der Waals surface area (Å²) < 4.78 is 48.7. The standard InChI is InChI=1S/C25H26ClF3N6O3S/c1-13-31-11-18(39-13)16-8-14(26)2-3-15(16)21(25(27,28)29)38-20-9-19(33-23(30)34-20)35-6-4-24(5-7-35)10-17(22(36)37)32-12-24/h2-3,8-9,11,17,21,32H,4-7,10,12H2,1H3,(H,36,37)(H2,30,33,34)/t17-,21+/m0/s1. The van der Waals surface area contributed by atoms with E-state index in [0.29, 0.717) is 54.6 Å². The molecule has 0 unspecified atom stereocenters. The average Bonchev–Trinajstić information content (AvgIpc) is 3.49. The Labute approximate surface area is 231 Å². The molecule has 2 aliphatic heterocycles. The number of thiazole rings is 1. The molecule has 0 radical (unpaired) electrons. The summed E-state index contributed by atoms with van der Waals surface area (Å²) in [6.07, 6.45) is -3.68. The number of alkyl halides is 3. The molecule has 9 nitrogen and oxygen atoms in total. The summed E-state index contributed by atoms with van der Waals surface area (Å²) in [5.41, 5.74) is 5.89. The van der Waals surface area contributed by atoms with Crippen LogP contribution in [0.1, 0.15) is 35.9 Å². The number of nitrogen functional groups attached to an aromatic ring is 1. The van der Waals surface area contributed by atoms with Gasteiger partial charge in [0.25, 0.3) is 0 Å². The van der Waals surface area contributed by atoms with Crippen LogP contribution in [0.25, 0.3) is 10.4 Å². The Balaban J connectivity index is 1.40. The number of nitrogens with zero attached hydrogens (tertiary/aromatic N) is 4. The van der Waals surface area contributed by atoms with Crippen molar-refractivity contribution in [3.63, 3.8) is 0 Å². The average molecular weight is 583 g/mol. The first-order valence-electron chi connectivity index (χ1n) is 12.2. The van der Waals surface area contributed by atoms with Crippen molar-refractivity contribution in [2.75, 3.05) is 30.3 Å². The summed E-state index contributed by atoms with van der Waals surface area (Å²) in [6, 6.07) is 4.92. The maximum absolute atomic E-state index is 14.4. The van der Waals surface area contributed by atoms with Gasteiger partial charge >= 0.3 is 12.1 Å². The summed E-state index contributed by atoms with van der Waals surface area (Å²) in [4.78, 5) is 26.1. The second-order valence-corrected chi connectivity index (χ2v) is 11.6. The number of halogens is 4. The quantitative estimate of drug-likeness (QED) is 0.373. The highest BCUT2D eigenvalue weighted by Gasteiger charge is 2.46. The van der Waals surface area contributed by atoms with Gasteiger partial charge in [-0.1, -0.05) is 17.7 Å². The third kappa shape index (κ3) is 5.89. The van der Waals surface area contributed by atoms with E-state index in [1.165, 1.54) is 41.8 Å². The number of ether oxygens (including phenoxy) is 1. The molecule has 0 saturated carbocycles. The van der Waals surface area contributed by atoms with Crippen molar-refractivity contribution in [2.24, 2.45) is 5.41 Å². The molecule has 3 aromatic rings. The van der Waals surface area contributed by atoms with Gasteiger partial charge in [0.15, 0.2) is 0 Å². The predicted molar refractivity (Wildman–Crippen MR) is 141 cm³/mol. The number of rotatable bonds is 6. The van der Waals surface area contributed by atoms with Crippen LogP contribution in [0.15, 0.2) is 30.5 Å². The third-order valence-electron chi connectivity index (χ3n) is 7.23. The molecule has 1 spiro atoms. The molecule has 5 rings (SSSR count). The van der Waals surface area contributed by atoms with Gasteiger partial charge in [0.2, 0.25) is 17.9 Å². The smallest absolute Gasteiger partial charge is 0.429 e. The third-order valence-corrected chi connectivity index (χ3v) is 8.41. The van der Waals surface area contributed by atoms with Gasteiger partial charge in [0.1, 0.15) is 11.9 Å². The fraction of sp³-hybridized carbons (Fsp3) is 0.440. The second kappa shape index (κ2) is 10.4. The topological polar surface area (TPSA) is 126 Å². The fourth-order valence-electron chi connectivity index (χ4n) is 5.22. The van der Waals surface area contributed by atoms with Crippen molar-refractivity contribution in [1.29, 1.82) is 0 Å². The van der Waals surface area contributed by atoms with E-state index in [-0.39, 0.29) is 33.4 Å². The van der Waals surface area contributed by atoms with Gasteiger partial charge in [-0.3, -0.25) is 4.79 Å². The highest BCUT2D eigenvalue weighted by atomic mass is 35.5. The molecule has 39 heavy (non-hydrogen) atoms. The lowest BCUT2D eigenvalue weighted by molar-refractivity contribution is -0.198. The van der Waals surface area contributed by atoms with Crippen LogP contribution in [0.4, 0.5) is 24.9 Å². The fourth-order valence-corrected chi connectivity index (χ4v) is 6.21. The van der Waals surface area contributed by atoms with Gasteiger partial charge in [0, 0.05) is 48.0 Å². The van der Waals surface area contributed by atoms with Crippen LogP contribution in [0, 0.1) is 12.3 Å². The summed E-state index contributed by atoms with van der Waals surface area (Å²) in [6.45, 7) is 3.45. The van der Waals surface area contributed by atoms with E-state index in [0.717, 1.165) is 0 Å². The number of hydrogen-bond donors (Lipinski definition) is 3. The van der Waals surface area contributed by atoms with E-state index in [2.05, 4.69) is 20.3 Å². The van der Waals surface area contributed by atoms with Crippen molar-refractivity contribution < 1.29 is 27.8 Å². The SMILES string of the molecule is Cc1ncc(-c2cc(Cl)ccc2[C@@H](Oc2cc(N3CCC4(CC3)CN[C@H](C(=O)O)C4)nc(N)n2)C(F)(F)F)s1. The van der Waals surface area contributed by atoms with Crippen LogP contribution < -0.4 is 20.7 Å². The number of anilines is 2. The molecule has 2 fully saturated rings. The molecule has 0 bridgehead atoms. The number of nitrogens with two attached hydrogens (primary N) is 1. The molecule has 1 aromatic carbocycles. The van der Waals surface area contributed by atoms with Crippen molar-refractivity contribution in [3.8, 4) is 16.3 Å². The minimum Gasteiger partial charge on any atom is -0.480 e. The number of aliphatic carboxylic acids is 1. The number of carbonyl (C=O) groups is 1. The molecule has 4 N–H and O–H groups in total. The minimum atomic E-state index is -4.78. The Hall–Kier alpha value is -3.16. The molecule has 2 saturated heterocycles. The maximum atomic E-state index is 14.4. The number of hydrogen-bond acceptors (Lipinski definition) is 9. The van der Waals surface area contributed by atoms with Crippen LogP contribution in [-0.2, 0) is 4.79 Å². The second-order valence-electron chi connectivity index (χ2n) is 9.90. The predicted octanol–water partition coefficient (Wildman–Crippen LogP) is 4.86. The van der Waals surface area contributed by atoms with E-state index in [1.54, 1.807) is 6.92 Å². The molecular formula is C25H26ClF3N6O3S. The van der Waals surface area contributed by atoms with Gasteiger partial charge in [-0.15, -0.1) is 11.3 Å². The van der Waals surface area contributed by atoms with Crippen molar-refractivity contribution in [3.05, 3.63) is 46.1 Å². The Morgan fingerprint density at radius 1 is 1.31 bits per heavy atom. The number of nitrogens with one attached hydrogen (secondary N) is 1. The highest BCUT2D eigenvalue weighted by Crippen LogP contribution is 2.44. The van der Waals surface area contributed by atoms with E-state index in [4.69, 9.17) is 22.1 Å². The molecule has 0 amide bonds. The molecule has 2 atom stereocenters. The summed E-state index contributed by atoms with van der Waals surface area (Å²) in [5, 5.41) is 13.4. The summed E-state index contributed by atoms with van der Waals surface area (Å²) in [5.74, 6) is -1.04. The first-order chi connectivity index (χ1) is 18.4. The van der Waals surface area contributed by atoms with Crippen LogP contribution in [0.2, 0.25) is 5.02 Å². The first-order valence-corrected chi connectivity index (χ1v) is 13.4. The van der Waals surface area contributed by atoms with E-state index in [9.17, 15) is 23.1 Å². The van der Waals surface area contributed by atoms with Crippen LogP contribution >= 0.6 is 22.9 Å². The Kier molecular flexibility index (Phi) is 7.33. The normalized spacial score (nSPS) is 19.8. The summed E-state index contributed by atoms with van der Waals surface area (Å²) >= 11 is 7.38. The zero-order valence-corrected chi connectivity index (χ0v) is 22.4. The number of benzene rings is 1. The van der Waals surface area contributed by atoms with Crippen molar-refractivity contribution in [2.45, 2.75) is 44.5 Å². The number of aromatic nitrogens is 3. The number of carboxylic acids is 1. The molecule has 208 valence electrons. The van der Waals surface area contributed by atoms with Crippen molar-refractivity contribution >= 4 is 40.7 Å². The Morgan fingerprint density at radius 2 is 2.05 bits per heavy atom. The lowest BCUT2D eigenvalue weighted by atomic mass is 9.76. The minimum absolute atomic E-state index is 0.129. The van der Waals surface area contributed by atoms with Crippen LogP contribution in [0.5, 0.6) is 5.88 Å². The molecule has 2 aromatic heterocycles. The molecule has 14 heteroatoms. The van der Waals surface area contributed by atoms with Gasteiger partial charge in [-0.25, -0.2) is 4.98 Å². The number of aryl methyl sites for hydroxylation is 1. The molecule has 0 aliphatic carbocycles. The monoisotopic (exact) mass is 582 g/mol. The van der Waals surface area contributed by atoms with Gasteiger partial charge in [-0.05, 0) is 43.7 Å². The van der Waals surface area contributed by atoms with Crippen LogP contribution in [-0.4, -0.2) is 57.9 Å².